The summed E-state index contributed by atoms with van der Waals surface area (Å²) in [5.74, 6) is 0.117. The smallest absolute Gasteiger partial charge is 0.277 e. The number of non-ortho nitro benzene ring substituents is 2. The Morgan fingerprint density at radius 3 is 2.23 bits per heavy atom. The van der Waals surface area contributed by atoms with Crippen LogP contribution >= 0.6 is 0 Å². The Balaban J connectivity index is 1.60. The number of hydrogen-bond acceptors (Lipinski definition) is 6. The van der Waals surface area contributed by atoms with Crippen LogP contribution < -0.4 is 5.32 Å². The molecule has 0 radical (unpaired) electrons. The van der Waals surface area contributed by atoms with Gasteiger partial charge in [0.1, 0.15) is 0 Å². The lowest BCUT2D eigenvalue weighted by Crippen LogP contribution is -2.33. The van der Waals surface area contributed by atoms with Gasteiger partial charge in [0.25, 0.3) is 17.3 Å². The number of piperidine rings is 1. The summed E-state index contributed by atoms with van der Waals surface area (Å²) in [7, 11) is 0. The fraction of sp³-hybridized carbons (Fsp3) is 0.381. The number of carbonyl (C=O) groups excluding carboxylic acids is 1. The zero-order chi connectivity index (χ0) is 21.7. The number of nitro benzene ring substituents is 2. The van der Waals surface area contributed by atoms with Crippen LogP contribution in [0.4, 0.5) is 11.4 Å². The maximum absolute atomic E-state index is 12.4. The number of carbonyl (C=O) groups is 1. The Bertz CT molecular complexity index is 913. The van der Waals surface area contributed by atoms with Crippen molar-refractivity contribution in [3.05, 3.63) is 79.4 Å². The lowest BCUT2D eigenvalue weighted by molar-refractivity contribution is -0.394. The second kappa shape index (κ2) is 9.45. The molecule has 1 N–H and O–H groups in total. The molecule has 9 heteroatoms. The van der Waals surface area contributed by atoms with Gasteiger partial charge in [0, 0.05) is 31.8 Å². The number of amides is 1. The van der Waals surface area contributed by atoms with E-state index in [9.17, 15) is 25.0 Å². The van der Waals surface area contributed by atoms with Crippen molar-refractivity contribution in [2.45, 2.75) is 32.9 Å². The molecule has 1 amide bonds. The summed E-state index contributed by atoms with van der Waals surface area (Å²) in [4.78, 5) is 35.2. The quantitative estimate of drug-likeness (QED) is 0.547. The van der Waals surface area contributed by atoms with Crippen LogP contribution in [-0.2, 0) is 13.1 Å². The molecule has 1 unspecified atom stereocenters. The first-order valence-electron chi connectivity index (χ1n) is 9.84. The van der Waals surface area contributed by atoms with Gasteiger partial charge >= 0.3 is 0 Å². The van der Waals surface area contributed by atoms with E-state index in [0.717, 1.165) is 49.3 Å². The van der Waals surface area contributed by atoms with Gasteiger partial charge in [0.05, 0.1) is 21.5 Å². The van der Waals surface area contributed by atoms with E-state index in [1.165, 1.54) is 18.4 Å². The second-order valence-electron chi connectivity index (χ2n) is 7.73. The van der Waals surface area contributed by atoms with Gasteiger partial charge in [0.15, 0.2) is 0 Å². The molecule has 0 spiro atoms. The average molecular weight is 412 g/mol. The van der Waals surface area contributed by atoms with Crippen molar-refractivity contribution in [2.24, 2.45) is 5.92 Å². The first-order valence-corrected chi connectivity index (χ1v) is 9.84. The van der Waals surface area contributed by atoms with E-state index < -0.39 is 27.1 Å². The molecule has 1 fully saturated rings. The van der Waals surface area contributed by atoms with E-state index in [4.69, 9.17) is 0 Å². The van der Waals surface area contributed by atoms with Crippen LogP contribution in [0.25, 0.3) is 0 Å². The van der Waals surface area contributed by atoms with Crippen molar-refractivity contribution in [3.63, 3.8) is 0 Å². The number of rotatable bonds is 7. The normalized spacial score (nSPS) is 16.8. The largest absolute Gasteiger partial charge is 0.348 e. The van der Waals surface area contributed by atoms with E-state index in [1.807, 2.05) is 24.3 Å². The van der Waals surface area contributed by atoms with Gasteiger partial charge in [-0.05, 0) is 36.4 Å². The molecule has 0 bridgehead atoms. The Morgan fingerprint density at radius 1 is 1.07 bits per heavy atom. The van der Waals surface area contributed by atoms with Crippen LogP contribution in [0, 0.1) is 26.1 Å². The van der Waals surface area contributed by atoms with Gasteiger partial charge < -0.3 is 5.32 Å². The topological polar surface area (TPSA) is 119 Å². The van der Waals surface area contributed by atoms with Gasteiger partial charge in [-0.1, -0.05) is 31.2 Å². The zero-order valence-electron chi connectivity index (χ0n) is 16.7. The van der Waals surface area contributed by atoms with Gasteiger partial charge in [-0.25, -0.2) is 0 Å². The molecular weight excluding hydrogens is 388 g/mol. The van der Waals surface area contributed by atoms with Crippen molar-refractivity contribution in [2.75, 3.05) is 13.1 Å². The fourth-order valence-corrected chi connectivity index (χ4v) is 3.67. The minimum atomic E-state index is -0.758. The minimum absolute atomic E-state index is 0.119. The average Bonchev–Trinajstić information content (AvgIpc) is 2.72. The zero-order valence-corrected chi connectivity index (χ0v) is 16.7. The van der Waals surface area contributed by atoms with E-state index >= 15 is 0 Å². The monoisotopic (exact) mass is 412 g/mol. The third-order valence-corrected chi connectivity index (χ3v) is 5.21. The summed E-state index contributed by atoms with van der Waals surface area (Å²) in [6.45, 7) is 5.60. The van der Waals surface area contributed by atoms with Crippen LogP contribution in [0.15, 0.2) is 42.5 Å². The third-order valence-electron chi connectivity index (χ3n) is 5.21. The molecule has 2 aromatic rings. The molecule has 3 rings (SSSR count). The molecule has 0 aromatic heterocycles. The Morgan fingerprint density at radius 2 is 1.67 bits per heavy atom. The van der Waals surface area contributed by atoms with Crippen molar-refractivity contribution >= 4 is 17.3 Å². The van der Waals surface area contributed by atoms with E-state index in [1.54, 1.807) is 0 Å². The van der Waals surface area contributed by atoms with Gasteiger partial charge in [-0.3, -0.25) is 29.9 Å². The van der Waals surface area contributed by atoms with Crippen molar-refractivity contribution < 1.29 is 14.6 Å². The van der Waals surface area contributed by atoms with Crippen LogP contribution in [-0.4, -0.2) is 33.7 Å². The van der Waals surface area contributed by atoms with Crippen molar-refractivity contribution in [1.82, 2.24) is 10.2 Å². The van der Waals surface area contributed by atoms with E-state index in [0.29, 0.717) is 0 Å². The van der Waals surface area contributed by atoms with Crippen LogP contribution in [0.3, 0.4) is 0 Å². The Kier molecular flexibility index (Phi) is 6.73. The maximum atomic E-state index is 12.4. The highest BCUT2D eigenvalue weighted by atomic mass is 16.6. The first-order chi connectivity index (χ1) is 14.3. The highest BCUT2D eigenvalue weighted by Gasteiger charge is 2.20. The van der Waals surface area contributed by atoms with Crippen molar-refractivity contribution in [3.8, 4) is 0 Å². The summed E-state index contributed by atoms with van der Waals surface area (Å²) in [5, 5.41) is 24.6. The molecular formula is C21H24N4O5. The number of nitrogens with zero attached hydrogens (tertiary/aromatic N) is 3. The third kappa shape index (κ3) is 5.60. The molecule has 1 saturated heterocycles. The Labute approximate surface area is 174 Å². The summed E-state index contributed by atoms with van der Waals surface area (Å²) in [5.41, 5.74) is 0.968. The van der Waals surface area contributed by atoms with Crippen LogP contribution in [0.1, 0.15) is 41.3 Å². The standard InChI is InChI=1S/C21H24N4O5/c1-15-3-2-8-23(13-15)14-17-6-4-16(5-7-17)12-22-21(26)18-9-19(24(27)28)11-20(10-18)25(29)30/h4-7,9-11,15H,2-3,8,12-14H2,1H3,(H,22,26). The van der Waals surface area contributed by atoms with Gasteiger partial charge in [-0.2, -0.15) is 0 Å². The lowest BCUT2D eigenvalue weighted by atomic mass is 9.99. The summed E-state index contributed by atoms with van der Waals surface area (Å²) in [6, 6.07) is 10.8. The number of nitrogens with one attached hydrogen (secondary N) is 1. The first kappa shape index (κ1) is 21.4. The van der Waals surface area contributed by atoms with Crippen LogP contribution in [0.2, 0.25) is 0 Å². The molecule has 1 aliphatic rings. The molecule has 0 saturated carbocycles. The summed E-state index contributed by atoms with van der Waals surface area (Å²) >= 11 is 0. The van der Waals surface area contributed by atoms with E-state index in [-0.39, 0.29) is 12.1 Å². The molecule has 1 heterocycles. The number of benzene rings is 2. The molecule has 0 aliphatic carbocycles. The van der Waals surface area contributed by atoms with Gasteiger partial charge in [0.2, 0.25) is 0 Å². The lowest BCUT2D eigenvalue weighted by Gasteiger charge is -2.30. The minimum Gasteiger partial charge on any atom is -0.348 e. The summed E-state index contributed by atoms with van der Waals surface area (Å²) in [6.07, 6.45) is 2.50. The van der Waals surface area contributed by atoms with Crippen molar-refractivity contribution in [1.29, 1.82) is 0 Å². The van der Waals surface area contributed by atoms with Gasteiger partial charge in [-0.15, -0.1) is 0 Å². The molecule has 9 nitrogen and oxygen atoms in total. The highest BCUT2D eigenvalue weighted by molar-refractivity contribution is 5.95. The van der Waals surface area contributed by atoms with E-state index in [2.05, 4.69) is 17.1 Å². The highest BCUT2D eigenvalue weighted by Crippen LogP contribution is 2.23. The maximum Gasteiger partial charge on any atom is 0.277 e. The SMILES string of the molecule is CC1CCCN(Cc2ccc(CNC(=O)c3cc([N+](=O)[O-])cc([N+](=O)[O-])c3)cc2)C1. The molecule has 1 aliphatic heterocycles. The summed E-state index contributed by atoms with van der Waals surface area (Å²) < 4.78 is 0. The number of hydrogen-bond donors (Lipinski definition) is 1. The number of nitro groups is 2. The van der Waals surface area contributed by atoms with Crippen LogP contribution in [0.5, 0.6) is 0 Å². The predicted octanol–water partition coefficient (Wildman–Crippen LogP) is 3.66. The predicted molar refractivity (Wildman–Crippen MR) is 111 cm³/mol. The fourth-order valence-electron chi connectivity index (χ4n) is 3.67. The molecule has 158 valence electrons. The Hall–Kier alpha value is -3.33. The molecule has 1 atom stereocenters. The second-order valence-corrected chi connectivity index (χ2v) is 7.73. The molecule has 2 aromatic carbocycles. The number of likely N-dealkylation sites (tertiary alicyclic amines) is 1. The molecule has 30 heavy (non-hydrogen) atoms.